The Morgan fingerprint density at radius 2 is 2.20 bits per heavy atom. The van der Waals surface area contributed by atoms with E-state index in [2.05, 4.69) is 27.2 Å². The maximum Gasteiger partial charge on any atom is 0.0829 e. The van der Waals surface area contributed by atoms with Gasteiger partial charge in [-0.25, -0.2) is 0 Å². The predicted octanol–water partition coefficient (Wildman–Crippen LogP) is 0.358. The number of ether oxygens (including phenoxy) is 1. The Morgan fingerprint density at radius 1 is 1.35 bits per heavy atom. The summed E-state index contributed by atoms with van der Waals surface area (Å²) in [6, 6.07) is 0. The van der Waals surface area contributed by atoms with Gasteiger partial charge in [0.05, 0.1) is 24.6 Å². The smallest absolute Gasteiger partial charge is 0.0829 e. The van der Waals surface area contributed by atoms with Crippen LogP contribution in [-0.2, 0) is 18.3 Å². The lowest BCUT2D eigenvalue weighted by Gasteiger charge is -2.34. The van der Waals surface area contributed by atoms with Crippen molar-refractivity contribution in [3.05, 3.63) is 11.9 Å². The van der Waals surface area contributed by atoms with Crippen LogP contribution in [-0.4, -0.2) is 70.7 Å². The van der Waals surface area contributed by atoms with Gasteiger partial charge in [0, 0.05) is 39.8 Å². The monoisotopic (exact) mass is 279 g/mol. The summed E-state index contributed by atoms with van der Waals surface area (Å²) in [5.41, 5.74) is 1.18. The highest BCUT2D eigenvalue weighted by molar-refractivity contribution is 4.94. The van der Waals surface area contributed by atoms with Crippen LogP contribution in [0.5, 0.6) is 0 Å². The Hall–Kier alpha value is -0.980. The summed E-state index contributed by atoms with van der Waals surface area (Å²) in [6.07, 6.45) is 4.96. The van der Waals surface area contributed by atoms with E-state index in [1.54, 1.807) is 0 Å². The first-order chi connectivity index (χ1) is 9.70. The Kier molecular flexibility index (Phi) is 4.33. The van der Waals surface area contributed by atoms with E-state index in [1.807, 2.05) is 17.9 Å². The van der Waals surface area contributed by atoms with Gasteiger partial charge >= 0.3 is 0 Å². The summed E-state index contributed by atoms with van der Waals surface area (Å²) in [5, 5.41) is 8.00. The number of hydrogen-bond acceptors (Lipinski definition) is 5. The molecule has 2 fully saturated rings. The maximum absolute atomic E-state index is 5.91. The SMILES string of the molecule is CN1CCO[C@H](CN(Cc2cnnn2C)CC2CC2)C1. The van der Waals surface area contributed by atoms with Crippen LogP contribution in [0.1, 0.15) is 18.5 Å². The molecular formula is C14H25N5O. The fraction of sp³-hybridized carbons (Fsp3) is 0.857. The molecule has 0 aromatic carbocycles. The van der Waals surface area contributed by atoms with Crippen LogP contribution in [0, 0.1) is 5.92 Å². The third-order valence-electron chi connectivity index (χ3n) is 4.21. The van der Waals surface area contributed by atoms with E-state index in [9.17, 15) is 0 Å². The Balaban J connectivity index is 1.58. The first kappa shape index (κ1) is 14.0. The maximum atomic E-state index is 5.91. The first-order valence-electron chi connectivity index (χ1n) is 7.57. The average molecular weight is 279 g/mol. The molecule has 1 aromatic rings. The van der Waals surface area contributed by atoms with Gasteiger partial charge in [-0.05, 0) is 25.8 Å². The molecule has 1 atom stereocenters. The third kappa shape index (κ3) is 3.77. The van der Waals surface area contributed by atoms with Gasteiger partial charge in [-0.3, -0.25) is 9.58 Å². The minimum atomic E-state index is 0.327. The van der Waals surface area contributed by atoms with Gasteiger partial charge in [0.1, 0.15) is 0 Å². The van der Waals surface area contributed by atoms with Gasteiger partial charge < -0.3 is 9.64 Å². The zero-order valence-electron chi connectivity index (χ0n) is 12.5. The van der Waals surface area contributed by atoms with Crippen LogP contribution >= 0.6 is 0 Å². The molecule has 0 N–H and O–H groups in total. The number of hydrogen-bond donors (Lipinski definition) is 0. The molecular weight excluding hydrogens is 254 g/mol. The van der Waals surface area contributed by atoms with Crippen LogP contribution < -0.4 is 0 Å². The van der Waals surface area contributed by atoms with Crippen molar-refractivity contribution in [3.63, 3.8) is 0 Å². The lowest BCUT2D eigenvalue weighted by Crippen LogP contribution is -2.46. The van der Waals surface area contributed by atoms with Gasteiger partial charge in [0.2, 0.25) is 0 Å². The number of rotatable bonds is 6. The second-order valence-corrected chi connectivity index (χ2v) is 6.24. The third-order valence-corrected chi connectivity index (χ3v) is 4.21. The highest BCUT2D eigenvalue weighted by Crippen LogP contribution is 2.30. The molecule has 1 aliphatic carbocycles. The van der Waals surface area contributed by atoms with Gasteiger partial charge in [0.25, 0.3) is 0 Å². The van der Waals surface area contributed by atoms with Gasteiger partial charge in [-0.2, -0.15) is 0 Å². The Labute approximate surface area is 120 Å². The first-order valence-corrected chi connectivity index (χ1v) is 7.57. The van der Waals surface area contributed by atoms with Crippen LogP contribution in [0.3, 0.4) is 0 Å². The zero-order chi connectivity index (χ0) is 13.9. The molecule has 0 unspecified atom stereocenters. The zero-order valence-corrected chi connectivity index (χ0v) is 12.5. The summed E-state index contributed by atoms with van der Waals surface area (Å²) in [4.78, 5) is 4.87. The van der Waals surface area contributed by atoms with E-state index in [-0.39, 0.29) is 0 Å². The molecule has 2 aliphatic rings. The molecule has 0 bridgehead atoms. The van der Waals surface area contributed by atoms with Crippen molar-refractivity contribution in [1.82, 2.24) is 24.8 Å². The van der Waals surface area contributed by atoms with Crippen molar-refractivity contribution in [2.45, 2.75) is 25.5 Å². The largest absolute Gasteiger partial charge is 0.374 e. The molecule has 2 heterocycles. The minimum Gasteiger partial charge on any atom is -0.374 e. The number of aromatic nitrogens is 3. The highest BCUT2D eigenvalue weighted by atomic mass is 16.5. The number of likely N-dealkylation sites (N-methyl/N-ethyl adjacent to an activating group) is 1. The van der Waals surface area contributed by atoms with Crippen molar-refractivity contribution in [2.75, 3.05) is 39.8 Å². The van der Waals surface area contributed by atoms with Crippen LogP contribution in [0.15, 0.2) is 6.20 Å². The molecule has 6 nitrogen and oxygen atoms in total. The number of nitrogens with zero attached hydrogens (tertiary/aromatic N) is 5. The molecule has 20 heavy (non-hydrogen) atoms. The van der Waals surface area contributed by atoms with Crippen LogP contribution in [0.4, 0.5) is 0 Å². The molecule has 0 radical (unpaired) electrons. The van der Waals surface area contributed by atoms with E-state index in [4.69, 9.17) is 4.74 Å². The summed E-state index contributed by atoms with van der Waals surface area (Å²) in [6.45, 7) is 6.03. The van der Waals surface area contributed by atoms with Gasteiger partial charge in [0.15, 0.2) is 0 Å². The quantitative estimate of drug-likeness (QED) is 0.752. The van der Waals surface area contributed by atoms with Crippen molar-refractivity contribution < 1.29 is 4.74 Å². The van der Waals surface area contributed by atoms with Crippen molar-refractivity contribution in [2.24, 2.45) is 13.0 Å². The average Bonchev–Trinajstić information content (AvgIpc) is 3.13. The molecule has 1 aromatic heterocycles. The molecule has 1 aliphatic heterocycles. The Morgan fingerprint density at radius 3 is 2.85 bits per heavy atom. The molecule has 6 heteroatoms. The fourth-order valence-corrected chi connectivity index (χ4v) is 2.82. The molecule has 112 valence electrons. The van der Waals surface area contributed by atoms with E-state index in [1.165, 1.54) is 25.1 Å². The van der Waals surface area contributed by atoms with E-state index < -0.39 is 0 Å². The second kappa shape index (κ2) is 6.20. The van der Waals surface area contributed by atoms with Crippen LogP contribution in [0.2, 0.25) is 0 Å². The standard InChI is InChI=1S/C14H25N5O/c1-17-5-6-20-14(10-17)11-19(8-12-3-4-12)9-13-7-15-16-18(13)2/h7,12,14H,3-6,8-11H2,1-2H3/t14-/m0/s1. The molecule has 1 saturated carbocycles. The van der Waals surface area contributed by atoms with Crippen molar-refractivity contribution >= 4 is 0 Å². The van der Waals surface area contributed by atoms with E-state index >= 15 is 0 Å². The predicted molar refractivity (Wildman–Crippen MR) is 76.2 cm³/mol. The lowest BCUT2D eigenvalue weighted by atomic mass is 10.2. The fourth-order valence-electron chi connectivity index (χ4n) is 2.82. The summed E-state index contributed by atoms with van der Waals surface area (Å²) >= 11 is 0. The summed E-state index contributed by atoms with van der Waals surface area (Å²) in [7, 11) is 4.13. The second-order valence-electron chi connectivity index (χ2n) is 6.24. The van der Waals surface area contributed by atoms with E-state index in [0.29, 0.717) is 6.10 Å². The topological polar surface area (TPSA) is 46.4 Å². The molecule has 0 amide bonds. The summed E-state index contributed by atoms with van der Waals surface area (Å²) < 4.78 is 7.78. The van der Waals surface area contributed by atoms with Gasteiger partial charge in [-0.15, -0.1) is 5.10 Å². The normalized spacial score (nSPS) is 24.4. The van der Waals surface area contributed by atoms with Gasteiger partial charge in [-0.1, -0.05) is 5.21 Å². The number of morpholine rings is 1. The van der Waals surface area contributed by atoms with Crippen molar-refractivity contribution in [1.29, 1.82) is 0 Å². The summed E-state index contributed by atoms with van der Waals surface area (Å²) in [5.74, 6) is 0.887. The number of aryl methyl sites for hydroxylation is 1. The molecule has 3 rings (SSSR count). The Bertz CT molecular complexity index is 431. The minimum absolute atomic E-state index is 0.327. The van der Waals surface area contributed by atoms with Crippen LogP contribution in [0.25, 0.3) is 0 Å². The molecule has 0 spiro atoms. The van der Waals surface area contributed by atoms with Crippen molar-refractivity contribution in [3.8, 4) is 0 Å². The highest BCUT2D eigenvalue weighted by Gasteiger charge is 2.27. The molecule has 1 saturated heterocycles. The lowest BCUT2D eigenvalue weighted by molar-refractivity contribution is -0.0375. The van der Waals surface area contributed by atoms with E-state index in [0.717, 1.165) is 38.7 Å².